The molecule has 1 N–H and O–H groups in total. The Hall–Kier alpha value is -0.770. The third kappa shape index (κ3) is 2.97. The van der Waals surface area contributed by atoms with E-state index in [-0.39, 0.29) is 6.10 Å². The number of morpholine rings is 1. The number of nitrogens with zero attached hydrogens (tertiary/aromatic N) is 1. The van der Waals surface area contributed by atoms with E-state index in [0.29, 0.717) is 6.04 Å². The molecule has 1 aromatic carbocycles. The van der Waals surface area contributed by atoms with Crippen molar-refractivity contribution in [3.63, 3.8) is 0 Å². The molecule has 0 bridgehead atoms. The van der Waals surface area contributed by atoms with Crippen LogP contribution in [0.15, 0.2) is 18.2 Å². The zero-order valence-corrected chi connectivity index (χ0v) is 12.0. The summed E-state index contributed by atoms with van der Waals surface area (Å²) < 4.78 is 5.65. The molecule has 1 aliphatic heterocycles. The van der Waals surface area contributed by atoms with Gasteiger partial charge in [0.1, 0.15) is 0 Å². The molecule has 0 spiro atoms. The number of benzene rings is 1. The van der Waals surface area contributed by atoms with E-state index in [9.17, 15) is 0 Å². The number of anilines is 1. The number of hydrogen-bond acceptors (Lipinski definition) is 3. The lowest BCUT2D eigenvalue weighted by molar-refractivity contribution is 0.0344. The highest BCUT2D eigenvalue weighted by molar-refractivity contribution is 6.33. The van der Waals surface area contributed by atoms with Crippen LogP contribution < -0.4 is 10.2 Å². The Kier molecular flexibility index (Phi) is 4.49. The van der Waals surface area contributed by atoms with E-state index >= 15 is 0 Å². The van der Waals surface area contributed by atoms with Crippen LogP contribution in [0.4, 0.5) is 5.69 Å². The zero-order chi connectivity index (χ0) is 13.1. The van der Waals surface area contributed by atoms with Gasteiger partial charge >= 0.3 is 0 Å². The van der Waals surface area contributed by atoms with Gasteiger partial charge in [0.25, 0.3) is 0 Å². The van der Waals surface area contributed by atoms with Crippen LogP contribution in [0.5, 0.6) is 0 Å². The van der Waals surface area contributed by atoms with Crippen LogP contribution in [-0.2, 0) is 11.3 Å². The van der Waals surface area contributed by atoms with Crippen molar-refractivity contribution in [2.45, 2.75) is 32.5 Å². The third-order valence-electron chi connectivity index (χ3n) is 3.31. The molecule has 0 saturated carbocycles. The molecule has 2 atom stereocenters. The average Bonchev–Trinajstić information content (AvgIpc) is 2.33. The van der Waals surface area contributed by atoms with Gasteiger partial charge in [-0.3, -0.25) is 0 Å². The topological polar surface area (TPSA) is 24.5 Å². The SMILES string of the molecule is CNCc1ccc(N2CC(C)OCC2C)c(Cl)c1. The Morgan fingerprint density at radius 2 is 2.22 bits per heavy atom. The van der Waals surface area contributed by atoms with E-state index in [2.05, 4.69) is 36.2 Å². The van der Waals surface area contributed by atoms with Gasteiger partial charge in [-0.05, 0) is 38.6 Å². The summed E-state index contributed by atoms with van der Waals surface area (Å²) >= 11 is 6.40. The van der Waals surface area contributed by atoms with Gasteiger partial charge in [0.05, 0.1) is 23.4 Å². The summed E-state index contributed by atoms with van der Waals surface area (Å²) in [7, 11) is 1.94. The summed E-state index contributed by atoms with van der Waals surface area (Å²) in [5.41, 5.74) is 2.32. The minimum absolute atomic E-state index is 0.259. The maximum Gasteiger partial charge on any atom is 0.0723 e. The first-order chi connectivity index (χ1) is 8.61. The van der Waals surface area contributed by atoms with Gasteiger partial charge in [0.2, 0.25) is 0 Å². The van der Waals surface area contributed by atoms with Crippen molar-refractivity contribution in [2.75, 3.05) is 25.1 Å². The average molecular weight is 269 g/mol. The van der Waals surface area contributed by atoms with E-state index < -0.39 is 0 Å². The zero-order valence-electron chi connectivity index (χ0n) is 11.2. The molecule has 0 aliphatic carbocycles. The van der Waals surface area contributed by atoms with Gasteiger partial charge < -0.3 is 15.0 Å². The quantitative estimate of drug-likeness (QED) is 0.912. The number of ether oxygens (including phenoxy) is 1. The second-order valence-corrected chi connectivity index (χ2v) is 5.37. The Morgan fingerprint density at radius 3 is 2.89 bits per heavy atom. The molecular weight excluding hydrogens is 248 g/mol. The molecule has 2 rings (SSSR count). The van der Waals surface area contributed by atoms with Crippen molar-refractivity contribution < 1.29 is 4.74 Å². The lowest BCUT2D eigenvalue weighted by atomic mass is 10.1. The number of rotatable bonds is 3. The molecule has 1 aliphatic rings. The molecular formula is C14H21ClN2O. The fraction of sp³-hybridized carbons (Fsp3) is 0.571. The molecule has 2 unspecified atom stereocenters. The molecule has 1 saturated heterocycles. The lowest BCUT2D eigenvalue weighted by Gasteiger charge is -2.39. The van der Waals surface area contributed by atoms with Gasteiger partial charge in [0, 0.05) is 19.1 Å². The maximum atomic E-state index is 6.40. The number of halogens is 1. The molecule has 1 heterocycles. The van der Waals surface area contributed by atoms with Crippen molar-refractivity contribution in [2.24, 2.45) is 0 Å². The molecule has 1 aromatic rings. The van der Waals surface area contributed by atoms with E-state index in [1.165, 1.54) is 5.56 Å². The van der Waals surface area contributed by atoms with Crippen LogP contribution in [0.2, 0.25) is 5.02 Å². The predicted octanol–water partition coefficient (Wildman–Crippen LogP) is 2.67. The molecule has 3 nitrogen and oxygen atoms in total. The highest BCUT2D eigenvalue weighted by Gasteiger charge is 2.25. The summed E-state index contributed by atoms with van der Waals surface area (Å²) in [4.78, 5) is 2.33. The van der Waals surface area contributed by atoms with Crippen molar-refractivity contribution in [1.82, 2.24) is 5.32 Å². The van der Waals surface area contributed by atoms with Gasteiger partial charge in [-0.2, -0.15) is 0 Å². The standard InChI is InChI=1S/C14H21ClN2O/c1-10-9-18-11(2)8-17(10)14-5-4-12(7-16-3)6-13(14)15/h4-6,10-11,16H,7-9H2,1-3H3. The highest BCUT2D eigenvalue weighted by Crippen LogP contribution is 2.30. The number of hydrogen-bond donors (Lipinski definition) is 1. The molecule has 0 amide bonds. The molecule has 4 heteroatoms. The minimum Gasteiger partial charge on any atom is -0.375 e. The Labute approximate surface area is 114 Å². The van der Waals surface area contributed by atoms with Crippen molar-refractivity contribution in [3.05, 3.63) is 28.8 Å². The first-order valence-electron chi connectivity index (χ1n) is 6.43. The highest BCUT2D eigenvalue weighted by atomic mass is 35.5. The van der Waals surface area contributed by atoms with Gasteiger partial charge in [-0.25, -0.2) is 0 Å². The van der Waals surface area contributed by atoms with Crippen LogP contribution in [0.3, 0.4) is 0 Å². The maximum absolute atomic E-state index is 6.40. The second-order valence-electron chi connectivity index (χ2n) is 4.96. The first kappa shape index (κ1) is 13.7. The Morgan fingerprint density at radius 1 is 1.44 bits per heavy atom. The fourth-order valence-corrected chi connectivity index (χ4v) is 2.65. The van der Waals surface area contributed by atoms with Crippen molar-refractivity contribution >= 4 is 17.3 Å². The molecule has 18 heavy (non-hydrogen) atoms. The van der Waals surface area contributed by atoms with E-state index in [1.807, 2.05) is 13.1 Å². The van der Waals surface area contributed by atoms with Crippen LogP contribution in [-0.4, -0.2) is 32.3 Å². The molecule has 1 fully saturated rings. The van der Waals surface area contributed by atoms with Crippen molar-refractivity contribution in [3.8, 4) is 0 Å². The van der Waals surface area contributed by atoms with Crippen LogP contribution in [0.25, 0.3) is 0 Å². The summed E-state index contributed by atoms with van der Waals surface area (Å²) in [6.07, 6.45) is 0.259. The largest absolute Gasteiger partial charge is 0.375 e. The normalized spacial score (nSPS) is 24.3. The van der Waals surface area contributed by atoms with Crippen LogP contribution in [0.1, 0.15) is 19.4 Å². The fourth-order valence-electron chi connectivity index (χ4n) is 2.34. The van der Waals surface area contributed by atoms with Crippen LogP contribution >= 0.6 is 11.6 Å². The number of nitrogens with one attached hydrogen (secondary N) is 1. The van der Waals surface area contributed by atoms with Gasteiger partial charge in [-0.15, -0.1) is 0 Å². The second kappa shape index (κ2) is 5.91. The molecule has 0 aromatic heterocycles. The van der Waals surface area contributed by atoms with Crippen LogP contribution in [0, 0.1) is 0 Å². The summed E-state index contributed by atoms with van der Waals surface area (Å²) in [6.45, 7) is 6.77. The Bertz CT molecular complexity index is 411. The summed E-state index contributed by atoms with van der Waals surface area (Å²) in [5.74, 6) is 0. The van der Waals surface area contributed by atoms with E-state index in [4.69, 9.17) is 16.3 Å². The first-order valence-corrected chi connectivity index (χ1v) is 6.81. The predicted molar refractivity (Wildman–Crippen MR) is 76.4 cm³/mol. The lowest BCUT2D eigenvalue weighted by Crippen LogP contribution is -2.47. The van der Waals surface area contributed by atoms with Gasteiger partial charge in [0.15, 0.2) is 0 Å². The van der Waals surface area contributed by atoms with Crippen molar-refractivity contribution in [1.29, 1.82) is 0 Å². The van der Waals surface area contributed by atoms with E-state index in [1.54, 1.807) is 0 Å². The summed E-state index contributed by atoms with van der Waals surface area (Å²) in [6, 6.07) is 6.66. The summed E-state index contributed by atoms with van der Waals surface area (Å²) in [5, 5.41) is 3.96. The van der Waals surface area contributed by atoms with E-state index in [0.717, 1.165) is 30.4 Å². The molecule has 0 radical (unpaired) electrons. The monoisotopic (exact) mass is 268 g/mol. The molecule has 100 valence electrons. The van der Waals surface area contributed by atoms with Gasteiger partial charge in [-0.1, -0.05) is 17.7 Å². The minimum atomic E-state index is 0.259. The smallest absolute Gasteiger partial charge is 0.0723 e. The Balaban J connectivity index is 2.21. The third-order valence-corrected chi connectivity index (χ3v) is 3.61.